The minimum Gasteiger partial charge on any atom is -0.353 e. The fourth-order valence-electron chi connectivity index (χ4n) is 3.95. The van der Waals surface area contributed by atoms with Gasteiger partial charge in [-0.3, -0.25) is 4.79 Å². The fraction of sp³-hybridized carbons (Fsp3) is 0.500. The first-order valence-electron chi connectivity index (χ1n) is 11.3. The highest BCUT2D eigenvalue weighted by Gasteiger charge is 2.22. The average molecular weight is 428 g/mol. The van der Waals surface area contributed by atoms with Gasteiger partial charge in [0, 0.05) is 26.1 Å². The van der Waals surface area contributed by atoms with Crippen molar-refractivity contribution in [3.05, 3.63) is 71.5 Å². The lowest BCUT2D eigenvalue weighted by molar-refractivity contribution is -0.191. The van der Waals surface area contributed by atoms with Gasteiger partial charge in [-0.05, 0) is 68.7 Å². The number of ether oxygens (including phenoxy) is 2. The highest BCUT2D eigenvalue weighted by atomic mass is 19.1. The molecule has 0 radical (unpaired) electrons. The zero-order chi connectivity index (χ0) is 22.1. The summed E-state index contributed by atoms with van der Waals surface area (Å²) in [5.74, 6) is -0.129. The van der Waals surface area contributed by atoms with Crippen LogP contribution in [0.4, 0.5) is 4.39 Å². The SMILES string of the molecule is CC(Cc1ccccc1)N(C)C(=O)CCCC(OC1CCCCO1)c1ccc(F)cc1. The van der Waals surface area contributed by atoms with Crippen molar-refractivity contribution < 1.29 is 18.7 Å². The summed E-state index contributed by atoms with van der Waals surface area (Å²) in [7, 11) is 1.87. The number of carbonyl (C=O) groups is 1. The lowest BCUT2D eigenvalue weighted by Crippen LogP contribution is -2.36. The lowest BCUT2D eigenvalue weighted by Gasteiger charge is -2.29. The van der Waals surface area contributed by atoms with Crippen molar-refractivity contribution in [3.63, 3.8) is 0 Å². The summed E-state index contributed by atoms with van der Waals surface area (Å²) in [6, 6.07) is 16.8. The number of halogens is 1. The monoisotopic (exact) mass is 427 g/mol. The fourth-order valence-corrected chi connectivity index (χ4v) is 3.95. The summed E-state index contributed by atoms with van der Waals surface area (Å²) in [6.07, 6.45) is 5.28. The first kappa shape index (κ1) is 23.4. The van der Waals surface area contributed by atoms with Crippen LogP contribution in [-0.4, -0.2) is 36.8 Å². The van der Waals surface area contributed by atoms with Crippen LogP contribution in [0.3, 0.4) is 0 Å². The molecule has 0 spiro atoms. The third-order valence-electron chi connectivity index (χ3n) is 5.98. The van der Waals surface area contributed by atoms with E-state index in [1.165, 1.54) is 17.7 Å². The van der Waals surface area contributed by atoms with Crippen LogP contribution in [0, 0.1) is 5.82 Å². The lowest BCUT2D eigenvalue weighted by atomic mass is 10.0. The average Bonchev–Trinajstić information content (AvgIpc) is 2.79. The van der Waals surface area contributed by atoms with Gasteiger partial charge < -0.3 is 14.4 Å². The number of hydrogen-bond acceptors (Lipinski definition) is 3. The first-order chi connectivity index (χ1) is 15.0. The molecule has 168 valence electrons. The molecule has 1 amide bonds. The Hall–Kier alpha value is -2.24. The summed E-state index contributed by atoms with van der Waals surface area (Å²) in [4.78, 5) is 14.6. The number of hydrogen-bond donors (Lipinski definition) is 0. The molecule has 2 aromatic rings. The molecule has 1 saturated heterocycles. The van der Waals surface area contributed by atoms with Gasteiger partial charge in [0.05, 0.1) is 6.10 Å². The Morgan fingerprint density at radius 1 is 1.16 bits per heavy atom. The number of likely N-dealkylation sites (N-methyl/N-ethyl adjacent to an activating group) is 1. The van der Waals surface area contributed by atoms with Crippen LogP contribution in [0.25, 0.3) is 0 Å². The summed E-state index contributed by atoms with van der Waals surface area (Å²) >= 11 is 0. The van der Waals surface area contributed by atoms with Gasteiger partial charge >= 0.3 is 0 Å². The topological polar surface area (TPSA) is 38.8 Å². The predicted molar refractivity (Wildman–Crippen MR) is 120 cm³/mol. The molecule has 31 heavy (non-hydrogen) atoms. The van der Waals surface area contributed by atoms with Crippen molar-refractivity contribution in [2.24, 2.45) is 0 Å². The summed E-state index contributed by atoms with van der Waals surface area (Å²) in [5, 5.41) is 0. The number of benzene rings is 2. The van der Waals surface area contributed by atoms with Crippen LogP contribution in [-0.2, 0) is 20.7 Å². The van der Waals surface area contributed by atoms with Crippen molar-refractivity contribution in [1.82, 2.24) is 4.90 Å². The van der Waals surface area contributed by atoms with E-state index >= 15 is 0 Å². The molecule has 0 N–H and O–H groups in total. The van der Waals surface area contributed by atoms with E-state index in [9.17, 15) is 9.18 Å². The van der Waals surface area contributed by atoms with E-state index in [0.717, 1.165) is 31.2 Å². The molecule has 3 unspecified atom stereocenters. The van der Waals surface area contributed by atoms with Crippen molar-refractivity contribution in [2.45, 2.75) is 70.3 Å². The number of nitrogens with zero attached hydrogens (tertiary/aromatic N) is 1. The maximum atomic E-state index is 13.4. The van der Waals surface area contributed by atoms with Crippen LogP contribution >= 0.6 is 0 Å². The van der Waals surface area contributed by atoms with E-state index < -0.39 is 0 Å². The van der Waals surface area contributed by atoms with Crippen molar-refractivity contribution in [1.29, 1.82) is 0 Å². The van der Waals surface area contributed by atoms with Gasteiger partial charge in [-0.2, -0.15) is 0 Å². The standard InChI is InChI=1S/C26H34FNO3/c1-20(19-21-9-4-3-5-10-21)28(2)25(29)12-8-11-24(22-14-16-23(27)17-15-22)31-26-13-6-7-18-30-26/h3-5,9-10,14-17,20,24,26H,6-8,11-13,18-19H2,1-2H3. The van der Waals surface area contributed by atoms with Crippen LogP contribution in [0.15, 0.2) is 54.6 Å². The van der Waals surface area contributed by atoms with Gasteiger partial charge in [-0.1, -0.05) is 42.5 Å². The molecular formula is C26H34FNO3. The second-order valence-electron chi connectivity index (χ2n) is 8.41. The second-order valence-corrected chi connectivity index (χ2v) is 8.41. The molecule has 1 aliphatic heterocycles. The second kappa shape index (κ2) is 12.0. The van der Waals surface area contributed by atoms with Crippen LogP contribution in [0.2, 0.25) is 0 Å². The Morgan fingerprint density at radius 3 is 2.58 bits per heavy atom. The third-order valence-corrected chi connectivity index (χ3v) is 5.98. The van der Waals surface area contributed by atoms with E-state index in [0.29, 0.717) is 25.9 Å². The maximum Gasteiger partial charge on any atom is 0.222 e. The largest absolute Gasteiger partial charge is 0.353 e. The molecule has 3 atom stereocenters. The molecule has 5 heteroatoms. The van der Waals surface area contributed by atoms with Crippen LogP contribution in [0.1, 0.15) is 62.7 Å². The number of carbonyl (C=O) groups excluding carboxylic acids is 1. The van der Waals surface area contributed by atoms with Crippen LogP contribution in [0.5, 0.6) is 0 Å². The zero-order valence-corrected chi connectivity index (χ0v) is 18.6. The molecule has 0 aromatic heterocycles. The Labute approximate surface area is 185 Å². The molecule has 2 aromatic carbocycles. The van der Waals surface area contributed by atoms with Gasteiger partial charge in [0.25, 0.3) is 0 Å². The first-order valence-corrected chi connectivity index (χ1v) is 11.3. The Bertz CT molecular complexity index is 790. The van der Waals surface area contributed by atoms with E-state index in [2.05, 4.69) is 19.1 Å². The molecule has 1 heterocycles. The highest BCUT2D eigenvalue weighted by molar-refractivity contribution is 5.76. The summed E-state index contributed by atoms with van der Waals surface area (Å²) < 4.78 is 25.3. The zero-order valence-electron chi connectivity index (χ0n) is 18.6. The van der Waals surface area contributed by atoms with Gasteiger partial charge in [0.15, 0.2) is 6.29 Å². The van der Waals surface area contributed by atoms with Crippen LogP contribution < -0.4 is 0 Å². The van der Waals surface area contributed by atoms with Gasteiger partial charge in [-0.15, -0.1) is 0 Å². The van der Waals surface area contributed by atoms with Gasteiger partial charge in [-0.25, -0.2) is 4.39 Å². The van der Waals surface area contributed by atoms with E-state index in [1.807, 2.05) is 30.1 Å². The summed E-state index contributed by atoms with van der Waals surface area (Å²) in [5.41, 5.74) is 2.15. The minimum atomic E-state index is -0.263. The van der Waals surface area contributed by atoms with Crippen molar-refractivity contribution in [2.75, 3.05) is 13.7 Å². The Kier molecular flexibility index (Phi) is 9.04. The maximum absolute atomic E-state index is 13.4. The third kappa shape index (κ3) is 7.44. The molecule has 0 saturated carbocycles. The molecule has 1 aliphatic rings. The van der Waals surface area contributed by atoms with Gasteiger partial charge in [0.1, 0.15) is 5.82 Å². The van der Waals surface area contributed by atoms with E-state index in [4.69, 9.17) is 9.47 Å². The molecule has 1 fully saturated rings. The van der Waals surface area contributed by atoms with E-state index in [-0.39, 0.29) is 30.2 Å². The summed E-state index contributed by atoms with van der Waals surface area (Å²) in [6.45, 7) is 2.79. The van der Waals surface area contributed by atoms with Crippen molar-refractivity contribution >= 4 is 5.91 Å². The molecule has 4 nitrogen and oxygen atoms in total. The van der Waals surface area contributed by atoms with E-state index in [1.54, 1.807) is 12.1 Å². The minimum absolute atomic E-state index is 0.134. The molecule has 0 aliphatic carbocycles. The smallest absolute Gasteiger partial charge is 0.222 e. The van der Waals surface area contributed by atoms with Crippen molar-refractivity contribution in [3.8, 4) is 0 Å². The normalized spacial score (nSPS) is 18.4. The number of rotatable bonds is 10. The molecule has 3 rings (SSSR count). The highest BCUT2D eigenvalue weighted by Crippen LogP contribution is 2.28. The predicted octanol–water partition coefficient (Wildman–Crippen LogP) is 5.67. The molecule has 0 bridgehead atoms. The number of amides is 1. The Morgan fingerprint density at radius 2 is 1.90 bits per heavy atom. The Balaban J connectivity index is 1.52. The van der Waals surface area contributed by atoms with Gasteiger partial charge in [0.2, 0.25) is 5.91 Å². The molecular weight excluding hydrogens is 393 g/mol. The quantitative estimate of drug-likeness (QED) is 0.490.